The largest absolute Gasteiger partial charge is 0.494 e. The maximum absolute atomic E-state index is 11.0. The lowest BCUT2D eigenvalue weighted by atomic mass is 10.2. The summed E-state index contributed by atoms with van der Waals surface area (Å²) in [6.45, 7) is 8.17. The fourth-order valence-electron chi connectivity index (χ4n) is 3.19. The van der Waals surface area contributed by atoms with E-state index in [1.807, 2.05) is 54.7 Å². The second-order valence-corrected chi connectivity index (χ2v) is 8.38. The normalized spacial score (nSPS) is 9.95. The van der Waals surface area contributed by atoms with Crippen LogP contribution in [0.1, 0.15) is 56.1 Å². The van der Waals surface area contributed by atoms with Crippen molar-refractivity contribution >= 4 is 23.8 Å². The SMILES string of the molecule is C=CC(=O)OCCCCCC=Nc1ccc(C#CC#Cc2ccc(OCCCCCOC(=O)C=C)cc2)cc1. The van der Waals surface area contributed by atoms with Gasteiger partial charge < -0.3 is 14.2 Å². The molecule has 6 heteroatoms. The Morgan fingerprint density at radius 1 is 0.692 bits per heavy atom. The van der Waals surface area contributed by atoms with Gasteiger partial charge in [0.15, 0.2) is 0 Å². The number of carbonyl (C=O) groups is 2. The molecule has 6 nitrogen and oxygen atoms in total. The van der Waals surface area contributed by atoms with Gasteiger partial charge in [-0.25, -0.2) is 9.59 Å². The highest BCUT2D eigenvalue weighted by atomic mass is 16.5. The molecule has 0 radical (unpaired) electrons. The molecule has 0 saturated carbocycles. The minimum absolute atomic E-state index is 0.375. The number of ether oxygens (including phenoxy) is 3. The van der Waals surface area contributed by atoms with Crippen molar-refractivity contribution in [2.45, 2.75) is 44.9 Å². The molecule has 0 saturated heterocycles. The Bertz CT molecular complexity index is 1210. The van der Waals surface area contributed by atoms with E-state index < -0.39 is 0 Å². The molecule has 39 heavy (non-hydrogen) atoms. The van der Waals surface area contributed by atoms with Gasteiger partial charge in [-0.3, -0.25) is 4.99 Å². The Balaban J connectivity index is 1.64. The molecule has 2 rings (SSSR count). The number of unbranched alkanes of at least 4 members (excludes halogenated alkanes) is 5. The third-order valence-corrected chi connectivity index (χ3v) is 5.30. The zero-order valence-corrected chi connectivity index (χ0v) is 22.3. The van der Waals surface area contributed by atoms with Crippen molar-refractivity contribution in [3.63, 3.8) is 0 Å². The molecule has 0 unspecified atom stereocenters. The lowest BCUT2D eigenvalue weighted by molar-refractivity contribution is -0.138. The molecule has 2 aromatic carbocycles. The van der Waals surface area contributed by atoms with Crippen LogP contribution >= 0.6 is 0 Å². The third kappa shape index (κ3) is 14.7. The summed E-state index contributed by atoms with van der Waals surface area (Å²) >= 11 is 0. The number of aliphatic imine (C=N–C) groups is 1. The fraction of sp³-hybridized carbons (Fsp3) is 0.303. The van der Waals surface area contributed by atoms with Crippen LogP contribution < -0.4 is 4.74 Å². The minimum atomic E-state index is -0.386. The molecule has 0 atom stereocenters. The molecule has 0 spiro atoms. The number of hydrogen-bond donors (Lipinski definition) is 0. The molecular weight excluding hydrogens is 490 g/mol. The summed E-state index contributed by atoms with van der Waals surface area (Å²) in [7, 11) is 0. The average molecular weight is 526 g/mol. The highest BCUT2D eigenvalue weighted by molar-refractivity contribution is 5.81. The van der Waals surface area contributed by atoms with Gasteiger partial charge in [0.05, 0.1) is 25.5 Å². The molecule has 2 aromatic rings. The quantitative estimate of drug-likeness (QED) is 0.0838. The summed E-state index contributed by atoms with van der Waals surface area (Å²) in [5.41, 5.74) is 2.62. The summed E-state index contributed by atoms with van der Waals surface area (Å²) in [4.78, 5) is 26.4. The van der Waals surface area contributed by atoms with E-state index in [2.05, 4.69) is 41.8 Å². The number of esters is 2. The summed E-state index contributed by atoms with van der Waals surface area (Å²) in [6, 6.07) is 15.3. The maximum Gasteiger partial charge on any atom is 0.330 e. The molecule has 0 aliphatic heterocycles. The molecule has 0 fully saturated rings. The van der Waals surface area contributed by atoms with Gasteiger partial charge in [-0.15, -0.1) is 0 Å². The van der Waals surface area contributed by atoms with Crippen molar-refractivity contribution in [3.05, 3.63) is 85.0 Å². The third-order valence-electron chi connectivity index (χ3n) is 5.30. The fourth-order valence-corrected chi connectivity index (χ4v) is 3.19. The topological polar surface area (TPSA) is 74.2 Å². The molecular formula is C33H35NO5. The number of benzene rings is 2. The van der Waals surface area contributed by atoms with E-state index in [0.717, 1.165) is 67.5 Å². The monoisotopic (exact) mass is 525 g/mol. The van der Waals surface area contributed by atoms with Crippen LogP contribution in [-0.2, 0) is 19.1 Å². The Labute approximate surface area is 231 Å². The predicted molar refractivity (Wildman–Crippen MR) is 155 cm³/mol. The van der Waals surface area contributed by atoms with Crippen molar-refractivity contribution in [2.24, 2.45) is 4.99 Å². The Morgan fingerprint density at radius 3 is 1.77 bits per heavy atom. The summed E-state index contributed by atoms with van der Waals surface area (Å²) in [6.07, 6.45) is 10.5. The number of nitrogens with zero attached hydrogens (tertiary/aromatic N) is 1. The van der Waals surface area contributed by atoms with Crippen LogP contribution in [0.25, 0.3) is 0 Å². The molecule has 202 valence electrons. The van der Waals surface area contributed by atoms with E-state index in [0.29, 0.717) is 19.8 Å². The lowest BCUT2D eigenvalue weighted by Gasteiger charge is -2.06. The molecule has 0 amide bonds. The van der Waals surface area contributed by atoms with Crippen LogP contribution in [-0.4, -0.2) is 38.0 Å². The summed E-state index contributed by atoms with van der Waals surface area (Å²) in [5, 5.41) is 0. The van der Waals surface area contributed by atoms with Gasteiger partial charge in [-0.05, 0) is 105 Å². The van der Waals surface area contributed by atoms with Gasteiger partial charge in [-0.1, -0.05) is 25.0 Å². The number of rotatable bonds is 16. The highest BCUT2D eigenvalue weighted by Gasteiger charge is 1.98. The Kier molecular flexibility index (Phi) is 15.4. The van der Waals surface area contributed by atoms with Crippen LogP contribution in [0.5, 0.6) is 5.75 Å². The van der Waals surface area contributed by atoms with Crippen LogP contribution in [0, 0.1) is 23.7 Å². The lowest BCUT2D eigenvalue weighted by Crippen LogP contribution is -2.03. The second kappa shape index (κ2) is 19.5. The second-order valence-electron chi connectivity index (χ2n) is 8.38. The van der Waals surface area contributed by atoms with Crippen LogP contribution in [0.15, 0.2) is 78.8 Å². The molecule has 0 heterocycles. The molecule has 0 aliphatic rings. The average Bonchev–Trinajstić information content (AvgIpc) is 2.97. The zero-order chi connectivity index (χ0) is 28.0. The zero-order valence-electron chi connectivity index (χ0n) is 22.3. The van der Waals surface area contributed by atoms with E-state index in [-0.39, 0.29) is 11.9 Å². The minimum Gasteiger partial charge on any atom is -0.494 e. The Morgan fingerprint density at radius 2 is 1.21 bits per heavy atom. The Hall–Kier alpha value is -4.55. The smallest absolute Gasteiger partial charge is 0.330 e. The van der Waals surface area contributed by atoms with E-state index in [4.69, 9.17) is 14.2 Å². The van der Waals surface area contributed by atoms with Crippen molar-refractivity contribution in [3.8, 4) is 29.4 Å². The summed E-state index contributed by atoms with van der Waals surface area (Å²) < 4.78 is 15.6. The predicted octanol–water partition coefficient (Wildman–Crippen LogP) is 6.36. The number of hydrogen-bond acceptors (Lipinski definition) is 6. The van der Waals surface area contributed by atoms with Crippen molar-refractivity contribution in [1.82, 2.24) is 0 Å². The van der Waals surface area contributed by atoms with Gasteiger partial charge in [0.1, 0.15) is 5.75 Å². The van der Waals surface area contributed by atoms with Gasteiger partial charge >= 0.3 is 11.9 Å². The van der Waals surface area contributed by atoms with Gasteiger partial charge in [0, 0.05) is 29.5 Å². The molecule has 0 N–H and O–H groups in total. The van der Waals surface area contributed by atoms with Gasteiger partial charge in [0.25, 0.3) is 0 Å². The van der Waals surface area contributed by atoms with Crippen LogP contribution in [0.2, 0.25) is 0 Å². The van der Waals surface area contributed by atoms with Crippen molar-refractivity contribution in [2.75, 3.05) is 19.8 Å². The van der Waals surface area contributed by atoms with E-state index in [9.17, 15) is 9.59 Å². The van der Waals surface area contributed by atoms with Crippen LogP contribution in [0.4, 0.5) is 5.69 Å². The van der Waals surface area contributed by atoms with Gasteiger partial charge in [-0.2, -0.15) is 0 Å². The first-order chi connectivity index (χ1) is 19.1. The highest BCUT2D eigenvalue weighted by Crippen LogP contribution is 2.13. The van der Waals surface area contributed by atoms with Crippen LogP contribution in [0.3, 0.4) is 0 Å². The maximum atomic E-state index is 11.0. The van der Waals surface area contributed by atoms with Crippen molar-refractivity contribution < 1.29 is 23.8 Å². The molecule has 0 aromatic heterocycles. The van der Waals surface area contributed by atoms with E-state index in [1.54, 1.807) is 0 Å². The molecule has 0 bridgehead atoms. The number of carbonyl (C=O) groups excluding carboxylic acids is 2. The first-order valence-electron chi connectivity index (χ1n) is 13.1. The first kappa shape index (κ1) is 30.7. The molecule has 0 aliphatic carbocycles. The van der Waals surface area contributed by atoms with E-state index >= 15 is 0 Å². The first-order valence-corrected chi connectivity index (χ1v) is 13.1. The van der Waals surface area contributed by atoms with Gasteiger partial charge in [0.2, 0.25) is 0 Å². The van der Waals surface area contributed by atoms with Crippen molar-refractivity contribution in [1.29, 1.82) is 0 Å². The summed E-state index contributed by atoms with van der Waals surface area (Å²) in [5.74, 6) is 11.9. The standard InChI is InChI=1S/C33H35NO5/c1-3-32(35)38-26-11-6-5-10-24-34-30-20-16-28(17-21-30)14-8-9-15-29-18-22-31(23-19-29)37-25-12-7-13-27-39-33(36)4-2/h3-4,16-24H,1-2,5-7,10-13,25-27H2. The van der Waals surface area contributed by atoms with E-state index in [1.165, 1.54) is 12.2 Å².